The summed E-state index contributed by atoms with van der Waals surface area (Å²) in [5.41, 5.74) is 0.659. The first-order valence-corrected chi connectivity index (χ1v) is 9.38. The van der Waals surface area contributed by atoms with E-state index >= 15 is 0 Å². The lowest BCUT2D eigenvalue weighted by atomic mass is 10.0. The molecule has 0 fully saturated rings. The van der Waals surface area contributed by atoms with Crippen LogP contribution in [0, 0.1) is 0 Å². The highest BCUT2D eigenvalue weighted by Crippen LogP contribution is 2.21. The maximum atomic E-state index is 12.4. The number of aromatic amines is 1. The highest BCUT2D eigenvalue weighted by atomic mass is 32.2. The van der Waals surface area contributed by atoms with Gasteiger partial charge in [-0.15, -0.1) is 5.10 Å². The Kier molecular flexibility index (Phi) is 6.47. The number of amides is 1. The molecule has 1 unspecified atom stereocenters. The molecule has 0 aliphatic rings. The molecule has 1 aromatic carbocycles. The number of aryl methyl sites for hydroxylation is 1. The number of carbonyl (C=O) groups is 1. The lowest BCUT2D eigenvalue weighted by Gasteiger charge is -2.26. The van der Waals surface area contributed by atoms with E-state index in [2.05, 4.69) is 15.5 Å². The van der Waals surface area contributed by atoms with Crippen LogP contribution < -0.4 is 11.0 Å². The maximum absolute atomic E-state index is 12.4. The van der Waals surface area contributed by atoms with Gasteiger partial charge in [-0.3, -0.25) is 9.36 Å². The van der Waals surface area contributed by atoms with E-state index < -0.39 is 0 Å². The van der Waals surface area contributed by atoms with Crippen molar-refractivity contribution in [2.24, 2.45) is 0 Å². The summed E-state index contributed by atoms with van der Waals surface area (Å²) in [5, 5.41) is 9.79. The van der Waals surface area contributed by atoms with E-state index in [9.17, 15) is 9.59 Å². The largest absolute Gasteiger partial charge is 0.350 e. The maximum Gasteiger partial charge on any atom is 0.343 e. The summed E-state index contributed by atoms with van der Waals surface area (Å²) in [7, 11) is 0. The Morgan fingerprint density at radius 1 is 1.36 bits per heavy atom. The number of carbonyl (C=O) groups excluding carboxylic acids is 1. The third-order valence-electron chi connectivity index (χ3n) is 4.19. The van der Waals surface area contributed by atoms with Crippen LogP contribution in [0.3, 0.4) is 0 Å². The van der Waals surface area contributed by atoms with Crippen molar-refractivity contribution < 1.29 is 4.79 Å². The standard InChI is InChI=1S/C18H26N4O2S/c1-5-18(3,4)19-15(23)13(2)25-17-21-20-16(24)22(17)12-11-14-9-7-6-8-10-14/h6-10,13H,5,11-12H2,1-4H3,(H,19,23)(H,20,24). The topological polar surface area (TPSA) is 79.8 Å². The molecular formula is C18H26N4O2S. The van der Waals surface area contributed by atoms with E-state index in [1.54, 1.807) is 4.57 Å². The Bertz CT molecular complexity index is 752. The fraction of sp³-hybridized carbons (Fsp3) is 0.500. The predicted molar refractivity (Wildman–Crippen MR) is 101 cm³/mol. The Morgan fingerprint density at radius 2 is 2.04 bits per heavy atom. The van der Waals surface area contributed by atoms with Crippen LogP contribution in [-0.4, -0.2) is 31.5 Å². The zero-order valence-corrected chi connectivity index (χ0v) is 16.0. The van der Waals surface area contributed by atoms with Crippen molar-refractivity contribution in [3.05, 3.63) is 46.4 Å². The van der Waals surface area contributed by atoms with Crippen LogP contribution in [0.2, 0.25) is 0 Å². The lowest BCUT2D eigenvalue weighted by Crippen LogP contribution is -2.46. The number of hydrogen-bond acceptors (Lipinski definition) is 4. The summed E-state index contributed by atoms with van der Waals surface area (Å²) < 4.78 is 1.59. The monoisotopic (exact) mass is 362 g/mol. The van der Waals surface area contributed by atoms with E-state index in [1.165, 1.54) is 11.8 Å². The van der Waals surface area contributed by atoms with Crippen molar-refractivity contribution in [1.82, 2.24) is 20.1 Å². The van der Waals surface area contributed by atoms with Crippen molar-refractivity contribution in [3.63, 3.8) is 0 Å². The normalized spacial score (nSPS) is 12.8. The molecule has 0 bridgehead atoms. The molecule has 0 saturated heterocycles. The second kappa shape index (κ2) is 8.38. The Hall–Kier alpha value is -2.02. The van der Waals surface area contributed by atoms with Gasteiger partial charge in [0.1, 0.15) is 0 Å². The van der Waals surface area contributed by atoms with Crippen LogP contribution in [0.1, 0.15) is 39.7 Å². The van der Waals surface area contributed by atoms with Crippen molar-refractivity contribution >= 4 is 17.7 Å². The van der Waals surface area contributed by atoms with Crippen LogP contribution in [-0.2, 0) is 17.8 Å². The third kappa shape index (κ3) is 5.49. The predicted octanol–water partition coefficient (Wildman–Crippen LogP) is 2.60. The molecule has 7 heteroatoms. The van der Waals surface area contributed by atoms with E-state index in [4.69, 9.17) is 0 Å². The number of nitrogens with zero attached hydrogens (tertiary/aromatic N) is 2. The average molecular weight is 362 g/mol. The Balaban J connectivity index is 2.03. The molecule has 1 aromatic heterocycles. The molecule has 0 saturated carbocycles. The van der Waals surface area contributed by atoms with Gasteiger partial charge in [0.05, 0.1) is 5.25 Å². The third-order valence-corrected chi connectivity index (χ3v) is 5.28. The van der Waals surface area contributed by atoms with Crippen LogP contribution >= 0.6 is 11.8 Å². The molecule has 0 aliphatic carbocycles. The van der Waals surface area contributed by atoms with Gasteiger partial charge >= 0.3 is 5.69 Å². The highest BCUT2D eigenvalue weighted by molar-refractivity contribution is 8.00. The summed E-state index contributed by atoms with van der Waals surface area (Å²) in [5.74, 6) is -0.0538. The number of nitrogens with one attached hydrogen (secondary N) is 2. The van der Waals surface area contributed by atoms with Gasteiger partial charge in [0, 0.05) is 12.1 Å². The van der Waals surface area contributed by atoms with Gasteiger partial charge in [0.2, 0.25) is 5.91 Å². The van der Waals surface area contributed by atoms with Crippen molar-refractivity contribution in [1.29, 1.82) is 0 Å². The molecular weight excluding hydrogens is 336 g/mol. The van der Waals surface area contributed by atoms with Gasteiger partial charge in [-0.1, -0.05) is 49.0 Å². The van der Waals surface area contributed by atoms with E-state index in [0.29, 0.717) is 11.7 Å². The molecule has 1 amide bonds. The minimum atomic E-state index is -0.337. The van der Waals surface area contributed by atoms with Crippen molar-refractivity contribution in [2.45, 2.75) is 63.0 Å². The minimum absolute atomic E-state index is 0.0538. The van der Waals surface area contributed by atoms with Gasteiger partial charge in [-0.2, -0.15) is 0 Å². The zero-order valence-electron chi connectivity index (χ0n) is 15.2. The number of benzene rings is 1. The fourth-order valence-electron chi connectivity index (χ4n) is 2.21. The van der Waals surface area contributed by atoms with Crippen LogP contribution in [0.5, 0.6) is 0 Å². The Morgan fingerprint density at radius 3 is 2.68 bits per heavy atom. The molecule has 136 valence electrons. The van der Waals surface area contributed by atoms with Gasteiger partial charge < -0.3 is 5.32 Å². The minimum Gasteiger partial charge on any atom is -0.350 e. The van der Waals surface area contributed by atoms with Gasteiger partial charge in [0.25, 0.3) is 0 Å². The zero-order chi connectivity index (χ0) is 18.4. The summed E-state index contributed by atoms with van der Waals surface area (Å²) in [4.78, 5) is 24.4. The lowest BCUT2D eigenvalue weighted by molar-refractivity contribution is -0.121. The summed E-state index contributed by atoms with van der Waals surface area (Å²) in [6, 6.07) is 9.98. The number of thioether (sulfide) groups is 1. The molecule has 0 radical (unpaired) electrons. The fourth-order valence-corrected chi connectivity index (χ4v) is 3.09. The molecule has 6 nitrogen and oxygen atoms in total. The Labute approximate surface area is 152 Å². The molecule has 0 aliphatic heterocycles. The SMILES string of the molecule is CCC(C)(C)NC(=O)C(C)Sc1n[nH]c(=O)n1CCc1ccccc1. The number of aromatic nitrogens is 3. The first-order chi connectivity index (χ1) is 11.8. The van der Waals surface area contributed by atoms with Crippen LogP contribution in [0.15, 0.2) is 40.3 Å². The van der Waals surface area contributed by atoms with Crippen molar-refractivity contribution in [2.75, 3.05) is 0 Å². The van der Waals surface area contributed by atoms with Gasteiger partial charge in [-0.05, 0) is 39.2 Å². The van der Waals surface area contributed by atoms with Crippen molar-refractivity contribution in [3.8, 4) is 0 Å². The highest BCUT2D eigenvalue weighted by Gasteiger charge is 2.24. The molecule has 2 aromatic rings. The quantitative estimate of drug-likeness (QED) is 0.708. The number of H-pyrrole nitrogens is 1. The van der Waals surface area contributed by atoms with Crippen LogP contribution in [0.4, 0.5) is 0 Å². The summed E-state index contributed by atoms with van der Waals surface area (Å²) in [6.07, 6.45) is 1.58. The second-order valence-corrected chi connectivity index (χ2v) is 7.99. The number of rotatable bonds is 8. The summed E-state index contributed by atoms with van der Waals surface area (Å²) >= 11 is 1.29. The van der Waals surface area contributed by atoms with E-state index in [-0.39, 0.29) is 22.4 Å². The smallest absolute Gasteiger partial charge is 0.343 e. The first kappa shape index (κ1) is 19.3. The molecule has 2 N–H and O–H groups in total. The second-order valence-electron chi connectivity index (χ2n) is 6.69. The molecule has 25 heavy (non-hydrogen) atoms. The van der Waals surface area contributed by atoms with E-state index in [1.807, 2.05) is 58.0 Å². The average Bonchev–Trinajstić information content (AvgIpc) is 2.93. The van der Waals surface area contributed by atoms with Crippen LogP contribution in [0.25, 0.3) is 0 Å². The number of hydrogen-bond donors (Lipinski definition) is 2. The molecule has 1 atom stereocenters. The molecule has 0 spiro atoms. The van der Waals surface area contributed by atoms with Gasteiger partial charge in [-0.25, -0.2) is 9.89 Å². The first-order valence-electron chi connectivity index (χ1n) is 8.50. The summed E-state index contributed by atoms with van der Waals surface area (Å²) in [6.45, 7) is 8.37. The molecule has 1 heterocycles. The van der Waals surface area contributed by atoms with E-state index in [0.717, 1.165) is 18.4 Å². The van der Waals surface area contributed by atoms with Gasteiger partial charge in [0.15, 0.2) is 5.16 Å². The molecule has 2 rings (SSSR count).